The Balaban J connectivity index is 2.04. The zero-order valence-electron chi connectivity index (χ0n) is 10.8. The van der Waals surface area contributed by atoms with Crippen LogP contribution in [0.15, 0.2) is 53.9 Å². The van der Waals surface area contributed by atoms with Gasteiger partial charge < -0.3 is 4.74 Å². The molecule has 1 aromatic heterocycles. The van der Waals surface area contributed by atoms with Crippen molar-refractivity contribution >= 4 is 33.0 Å². The van der Waals surface area contributed by atoms with Crippen LogP contribution < -0.4 is 4.74 Å². The number of thiophene rings is 1. The average Bonchev–Trinajstić information content (AvgIpc) is 2.90. The van der Waals surface area contributed by atoms with Gasteiger partial charge in [0.25, 0.3) is 0 Å². The van der Waals surface area contributed by atoms with Gasteiger partial charge in [0.15, 0.2) is 0 Å². The highest BCUT2D eigenvalue weighted by molar-refractivity contribution is 7.17. The van der Waals surface area contributed by atoms with E-state index in [-0.39, 0.29) is 5.75 Å². The van der Waals surface area contributed by atoms with Crippen LogP contribution in [0.25, 0.3) is 10.1 Å². The highest BCUT2D eigenvalue weighted by Gasteiger charge is 2.20. The topological polar surface area (TPSA) is 9.23 Å². The first kappa shape index (κ1) is 14.3. The lowest BCUT2D eigenvalue weighted by Crippen LogP contribution is -2.05. The Morgan fingerprint density at radius 2 is 1.67 bits per heavy atom. The van der Waals surface area contributed by atoms with Gasteiger partial charge in [0.1, 0.15) is 5.75 Å². The fraction of sp³-hybridized carbons (Fsp3) is 0.125. The van der Waals surface area contributed by atoms with Gasteiger partial charge in [-0.2, -0.15) is 8.78 Å². The number of hydrogen-bond donors (Lipinski definition) is 0. The molecule has 1 unspecified atom stereocenters. The molecule has 0 bridgehead atoms. The van der Waals surface area contributed by atoms with Crippen LogP contribution in [0, 0.1) is 0 Å². The second-order valence-electron chi connectivity index (χ2n) is 4.47. The van der Waals surface area contributed by atoms with E-state index in [2.05, 4.69) is 4.74 Å². The third kappa shape index (κ3) is 2.87. The summed E-state index contributed by atoms with van der Waals surface area (Å²) in [5.41, 5.74) is 1.45. The maximum Gasteiger partial charge on any atom is 0.387 e. The molecule has 0 fully saturated rings. The van der Waals surface area contributed by atoms with Crippen molar-refractivity contribution in [3.63, 3.8) is 0 Å². The van der Waals surface area contributed by atoms with Crippen LogP contribution in [-0.4, -0.2) is 6.61 Å². The maximum absolute atomic E-state index is 12.5. The molecule has 0 saturated carbocycles. The van der Waals surface area contributed by atoms with E-state index >= 15 is 0 Å². The fourth-order valence-electron chi connectivity index (χ4n) is 2.26. The molecular weight excluding hydrogens is 314 g/mol. The molecule has 2 aromatic carbocycles. The number of benzene rings is 2. The molecular formula is C16H11ClF2OS. The standard InChI is InChI=1S/C16H11ClF2OS/c17-15(11-6-1-3-7-13(11)20-16(18)19)12-9-21-14-8-4-2-5-10(12)14/h1-9,15-16H. The lowest BCUT2D eigenvalue weighted by molar-refractivity contribution is -0.0504. The molecule has 0 N–H and O–H groups in total. The first-order valence-electron chi connectivity index (χ1n) is 6.31. The van der Waals surface area contributed by atoms with Gasteiger partial charge in [-0.1, -0.05) is 36.4 Å². The molecule has 1 atom stereocenters. The summed E-state index contributed by atoms with van der Waals surface area (Å²) in [5, 5.41) is 2.46. The van der Waals surface area contributed by atoms with E-state index in [0.29, 0.717) is 5.56 Å². The van der Waals surface area contributed by atoms with Gasteiger partial charge in [-0.15, -0.1) is 22.9 Å². The van der Waals surface area contributed by atoms with Crippen molar-refractivity contribution in [3.05, 3.63) is 65.0 Å². The zero-order valence-corrected chi connectivity index (χ0v) is 12.4. The monoisotopic (exact) mass is 324 g/mol. The molecule has 0 saturated heterocycles. The Labute approximate surface area is 129 Å². The number of ether oxygens (including phenoxy) is 1. The number of halogens is 3. The molecule has 1 heterocycles. The normalized spacial score (nSPS) is 12.8. The quantitative estimate of drug-likeness (QED) is 0.548. The Kier molecular flexibility index (Phi) is 4.08. The lowest BCUT2D eigenvalue weighted by Gasteiger charge is -2.15. The van der Waals surface area contributed by atoms with E-state index in [1.54, 1.807) is 29.5 Å². The summed E-state index contributed by atoms with van der Waals surface area (Å²) >= 11 is 8.11. The van der Waals surface area contributed by atoms with E-state index in [4.69, 9.17) is 11.6 Å². The van der Waals surface area contributed by atoms with Crippen LogP contribution in [0.4, 0.5) is 8.78 Å². The first-order chi connectivity index (χ1) is 10.2. The number of alkyl halides is 3. The summed E-state index contributed by atoms with van der Waals surface area (Å²) in [5.74, 6) is 0.114. The number of hydrogen-bond acceptors (Lipinski definition) is 2. The van der Waals surface area contributed by atoms with Crippen molar-refractivity contribution in [2.24, 2.45) is 0 Å². The second kappa shape index (κ2) is 6.00. The number of rotatable bonds is 4. The maximum atomic E-state index is 12.5. The minimum absolute atomic E-state index is 0.114. The fourth-order valence-corrected chi connectivity index (χ4v) is 3.68. The largest absolute Gasteiger partial charge is 0.434 e. The van der Waals surface area contributed by atoms with Crippen LogP contribution in [0.5, 0.6) is 5.75 Å². The molecule has 3 rings (SSSR count). The molecule has 3 aromatic rings. The Morgan fingerprint density at radius 3 is 2.48 bits per heavy atom. The summed E-state index contributed by atoms with van der Waals surface area (Å²) in [6.45, 7) is -2.87. The van der Waals surface area contributed by atoms with Crippen molar-refractivity contribution in [3.8, 4) is 5.75 Å². The van der Waals surface area contributed by atoms with E-state index in [0.717, 1.165) is 15.6 Å². The van der Waals surface area contributed by atoms with Gasteiger partial charge in [0.2, 0.25) is 0 Å². The predicted molar refractivity (Wildman–Crippen MR) is 82.6 cm³/mol. The van der Waals surface area contributed by atoms with E-state index in [1.165, 1.54) is 6.07 Å². The van der Waals surface area contributed by atoms with Gasteiger partial charge in [-0.05, 0) is 28.5 Å². The minimum Gasteiger partial charge on any atom is -0.434 e. The molecule has 0 aliphatic heterocycles. The van der Waals surface area contributed by atoms with Gasteiger partial charge in [0, 0.05) is 10.3 Å². The SMILES string of the molecule is FC(F)Oc1ccccc1C(Cl)c1csc2ccccc12. The second-order valence-corrected chi connectivity index (χ2v) is 5.81. The molecule has 5 heteroatoms. The first-order valence-corrected chi connectivity index (χ1v) is 7.62. The third-order valence-corrected chi connectivity index (χ3v) is 4.64. The Morgan fingerprint density at radius 1 is 0.952 bits per heavy atom. The third-order valence-electron chi connectivity index (χ3n) is 3.19. The Bertz CT molecular complexity index is 757. The summed E-state index contributed by atoms with van der Waals surface area (Å²) in [4.78, 5) is 0. The van der Waals surface area contributed by atoms with Crippen LogP contribution in [0.1, 0.15) is 16.5 Å². The van der Waals surface area contributed by atoms with Crippen molar-refractivity contribution in [1.29, 1.82) is 0 Å². The zero-order chi connectivity index (χ0) is 14.8. The molecule has 1 nitrogen and oxygen atoms in total. The highest BCUT2D eigenvalue weighted by atomic mass is 35.5. The summed E-state index contributed by atoms with van der Waals surface area (Å²) in [6, 6.07) is 14.5. The van der Waals surface area contributed by atoms with Crippen LogP contribution in [0.2, 0.25) is 0 Å². The van der Waals surface area contributed by atoms with Crippen LogP contribution in [-0.2, 0) is 0 Å². The molecule has 108 valence electrons. The van der Waals surface area contributed by atoms with Crippen molar-refractivity contribution in [1.82, 2.24) is 0 Å². The number of para-hydroxylation sites is 1. The van der Waals surface area contributed by atoms with E-state index in [1.807, 2.05) is 29.6 Å². The van der Waals surface area contributed by atoms with Gasteiger partial charge in [0.05, 0.1) is 5.38 Å². The molecule has 0 radical (unpaired) electrons. The average molecular weight is 325 g/mol. The Hall–Kier alpha value is -1.65. The van der Waals surface area contributed by atoms with E-state index in [9.17, 15) is 8.78 Å². The van der Waals surface area contributed by atoms with Crippen molar-refractivity contribution in [2.45, 2.75) is 12.0 Å². The summed E-state index contributed by atoms with van der Waals surface area (Å²) in [7, 11) is 0. The minimum atomic E-state index is -2.87. The predicted octanol–water partition coefficient (Wildman–Crippen LogP) is 5.83. The molecule has 0 aliphatic rings. The summed E-state index contributed by atoms with van der Waals surface area (Å²) < 4.78 is 30.7. The molecule has 0 spiro atoms. The number of fused-ring (bicyclic) bond motifs is 1. The van der Waals surface area contributed by atoms with Crippen LogP contribution >= 0.6 is 22.9 Å². The van der Waals surface area contributed by atoms with Gasteiger partial charge in [-0.25, -0.2) is 0 Å². The van der Waals surface area contributed by atoms with E-state index < -0.39 is 12.0 Å². The van der Waals surface area contributed by atoms with Gasteiger partial charge in [-0.3, -0.25) is 0 Å². The molecule has 0 amide bonds. The summed E-state index contributed by atoms with van der Waals surface area (Å²) in [6.07, 6.45) is 0. The highest BCUT2D eigenvalue weighted by Crippen LogP contribution is 2.40. The van der Waals surface area contributed by atoms with Crippen LogP contribution in [0.3, 0.4) is 0 Å². The van der Waals surface area contributed by atoms with Gasteiger partial charge >= 0.3 is 6.61 Å². The lowest BCUT2D eigenvalue weighted by atomic mass is 10.0. The van der Waals surface area contributed by atoms with Crippen molar-refractivity contribution in [2.75, 3.05) is 0 Å². The smallest absolute Gasteiger partial charge is 0.387 e. The van der Waals surface area contributed by atoms with Crippen molar-refractivity contribution < 1.29 is 13.5 Å². The molecule has 0 aliphatic carbocycles. The molecule has 21 heavy (non-hydrogen) atoms.